The first kappa shape index (κ1) is 18.4. The molecular formula is C16H31N3OS. The Balaban J connectivity index is 2.62. The molecule has 1 heterocycles. The Morgan fingerprint density at radius 2 is 1.76 bits per heavy atom. The van der Waals surface area contributed by atoms with E-state index in [2.05, 4.69) is 37.5 Å². The molecule has 0 atom stereocenters. The second-order valence-electron chi connectivity index (χ2n) is 5.23. The molecular weight excluding hydrogens is 282 g/mol. The molecule has 0 aliphatic carbocycles. The number of hydrogen-bond donors (Lipinski definition) is 1. The highest BCUT2D eigenvalue weighted by Crippen LogP contribution is 2.27. The minimum absolute atomic E-state index is 0.115. The normalized spacial score (nSPS) is 11.3. The van der Waals surface area contributed by atoms with Gasteiger partial charge in [-0.15, -0.1) is 0 Å². The van der Waals surface area contributed by atoms with Gasteiger partial charge < -0.3 is 14.9 Å². The van der Waals surface area contributed by atoms with Gasteiger partial charge in [-0.1, -0.05) is 38.5 Å². The number of anilines is 1. The van der Waals surface area contributed by atoms with E-state index in [1.165, 1.54) is 0 Å². The zero-order valence-corrected chi connectivity index (χ0v) is 14.9. The highest BCUT2D eigenvalue weighted by Gasteiger charge is 2.14. The largest absolute Gasteiger partial charge is 0.391 e. The molecule has 0 radical (unpaired) electrons. The van der Waals surface area contributed by atoms with Gasteiger partial charge in [0.25, 0.3) is 0 Å². The van der Waals surface area contributed by atoms with E-state index in [1.807, 2.05) is 0 Å². The molecule has 0 bridgehead atoms. The van der Waals surface area contributed by atoms with Crippen LogP contribution in [0.3, 0.4) is 0 Å². The Kier molecular flexibility index (Phi) is 8.88. The van der Waals surface area contributed by atoms with Gasteiger partial charge in [0.1, 0.15) is 0 Å². The summed E-state index contributed by atoms with van der Waals surface area (Å²) < 4.78 is 0. The van der Waals surface area contributed by atoms with Crippen LogP contribution in [0.15, 0.2) is 0 Å². The topological polar surface area (TPSA) is 39.6 Å². The fourth-order valence-corrected chi connectivity index (χ4v) is 3.53. The van der Waals surface area contributed by atoms with E-state index in [-0.39, 0.29) is 6.61 Å². The average Bonchev–Trinajstić information content (AvgIpc) is 2.91. The van der Waals surface area contributed by atoms with Gasteiger partial charge in [0.05, 0.1) is 17.2 Å². The van der Waals surface area contributed by atoms with Crippen LogP contribution < -0.4 is 4.90 Å². The summed E-state index contributed by atoms with van der Waals surface area (Å²) in [5.41, 5.74) is 1.09. The van der Waals surface area contributed by atoms with Crippen LogP contribution in [0.25, 0.3) is 0 Å². The van der Waals surface area contributed by atoms with Crippen molar-refractivity contribution in [2.24, 2.45) is 0 Å². The summed E-state index contributed by atoms with van der Waals surface area (Å²) in [7, 11) is 0. The van der Waals surface area contributed by atoms with Crippen molar-refractivity contribution >= 4 is 16.5 Å². The van der Waals surface area contributed by atoms with Crippen LogP contribution in [0, 0.1) is 0 Å². The lowest BCUT2D eigenvalue weighted by atomic mass is 10.2. The van der Waals surface area contributed by atoms with Crippen molar-refractivity contribution in [3.05, 3.63) is 10.6 Å². The molecule has 0 aliphatic rings. The second-order valence-corrected chi connectivity index (χ2v) is 6.30. The molecule has 4 nitrogen and oxygen atoms in total. The monoisotopic (exact) mass is 313 g/mol. The molecule has 0 aliphatic heterocycles. The van der Waals surface area contributed by atoms with Crippen molar-refractivity contribution in [2.75, 3.05) is 37.6 Å². The van der Waals surface area contributed by atoms with Crippen molar-refractivity contribution in [3.63, 3.8) is 0 Å². The fraction of sp³-hybridized carbons (Fsp3) is 0.812. The van der Waals surface area contributed by atoms with Gasteiger partial charge in [-0.25, -0.2) is 4.98 Å². The molecule has 1 aromatic heterocycles. The predicted octanol–water partition coefficient (Wildman–Crippen LogP) is 3.15. The Morgan fingerprint density at radius 3 is 2.29 bits per heavy atom. The molecule has 0 amide bonds. The first-order chi connectivity index (χ1) is 10.2. The minimum Gasteiger partial charge on any atom is -0.391 e. The summed E-state index contributed by atoms with van der Waals surface area (Å²) in [5.74, 6) is 0. The van der Waals surface area contributed by atoms with Gasteiger partial charge in [0, 0.05) is 13.1 Å². The lowest BCUT2D eigenvalue weighted by molar-refractivity contribution is 0.284. The van der Waals surface area contributed by atoms with Crippen molar-refractivity contribution < 1.29 is 5.11 Å². The molecule has 1 N–H and O–H groups in total. The van der Waals surface area contributed by atoms with Crippen molar-refractivity contribution in [1.82, 2.24) is 9.88 Å². The number of hydrogen-bond acceptors (Lipinski definition) is 5. The van der Waals surface area contributed by atoms with Gasteiger partial charge in [0.2, 0.25) is 0 Å². The van der Waals surface area contributed by atoms with Crippen LogP contribution in [0.4, 0.5) is 5.13 Å². The molecule has 0 saturated heterocycles. The maximum absolute atomic E-state index is 9.47. The zero-order valence-electron chi connectivity index (χ0n) is 14.1. The summed E-state index contributed by atoms with van der Waals surface area (Å²) in [6, 6.07) is 0. The molecule has 122 valence electrons. The number of aryl methyl sites for hydroxylation is 1. The molecule has 5 heteroatoms. The lowest BCUT2D eigenvalue weighted by Gasteiger charge is -2.23. The van der Waals surface area contributed by atoms with Crippen LogP contribution in [-0.4, -0.2) is 47.7 Å². The van der Waals surface area contributed by atoms with Crippen molar-refractivity contribution in [1.29, 1.82) is 0 Å². The highest BCUT2D eigenvalue weighted by molar-refractivity contribution is 7.15. The number of nitrogens with zero attached hydrogens (tertiary/aromatic N) is 3. The van der Waals surface area contributed by atoms with Gasteiger partial charge in [-0.2, -0.15) is 0 Å². The van der Waals surface area contributed by atoms with Crippen LogP contribution in [0.1, 0.15) is 51.1 Å². The second kappa shape index (κ2) is 10.1. The van der Waals surface area contributed by atoms with Gasteiger partial charge in [-0.3, -0.25) is 0 Å². The van der Waals surface area contributed by atoms with Crippen molar-refractivity contribution in [3.8, 4) is 0 Å². The lowest BCUT2D eigenvalue weighted by Crippen LogP contribution is -2.29. The molecule has 21 heavy (non-hydrogen) atoms. The van der Waals surface area contributed by atoms with E-state index in [9.17, 15) is 5.11 Å². The smallest absolute Gasteiger partial charge is 0.185 e. The van der Waals surface area contributed by atoms with E-state index in [4.69, 9.17) is 4.98 Å². The molecule has 0 fully saturated rings. The summed E-state index contributed by atoms with van der Waals surface area (Å²) in [4.78, 5) is 10.6. The molecule has 0 spiro atoms. The maximum Gasteiger partial charge on any atom is 0.185 e. The number of aliphatic hydroxyl groups is 1. The number of rotatable bonds is 11. The minimum atomic E-state index is 0.115. The average molecular weight is 314 g/mol. The van der Waals surface area contributed by atoms with Gasteiger partial charge in [-0.05, 0) is 39.4 Å². The van der Waals surface area contributed by atoms with Crippen LogP contribution in [-0.2, 0) is 13.0 Å². The number of thiazole rings is 1. The molecule has 0 unspecified atom stereocenters. The SMILES string of the molecule is CCCc1nc(N(CC)CCCN(CC)CC)sc1CO. The number of aliphatic hydroxyl groups excluding tert-OH is 1. The quantitative estimate of drug-likeness (QED) is 0.681. The molecule has 0 aromatic carbocycles. The highest BCUT2D eigenvalue weighted by atomic mass is 32.1. The zero-order chi connectivity index (χ0) is 15.7. The van der Waals surface area contributed by atoms with Gasteiger partial charge in [0.15, 0.2) is 5.13 Å². The van der Waals surface area contributed by atoms with E-state index < -0.39 is 0 Å². The Morgan fingerprint density at radius 1 is 1.05 bits per heavy atom. The first-order valence-electron chi connectivity index (χ1n) is 8.26. The van der Waals surface area contributed by atoms with Crippen LogP contribution in [0.2, 0.25) is 0 Å². The summed E-state index contributed by atoms with van der Waals surface area (Å²) in [5, 5.41) is 10.5. The Hall–Kier alpha value is -0.650. The van der Waals surface area contributed by atoms with Crippen LogP contribution >= 0.6 is 11.3 Å². The standard InChI is InChI=1S/C16H31N3OS/c1-5-10-14-15(13-20)21-16(17-14)19(8-4)12-9-11-18(6-2)7-3/h20H,5-13H2,1-4H3. The molecule has 1 aromatic rings. The summed E-state index contributed by atoms with van der Waals surface area (Å²) in [6.07, 6.45) is 3.19. The Bertz CT molecular complexity index is 391. The third kappa shape index (κ3) is 5.57. The fourth-order valence-electron chi connectivity index (χ4n) is 2.47. The van der Waals surface area contributed by atoms with Crippen molar-refractivity contribution in [2.45, 2.75) is 53.6 Å². The van der Waals surface area contributed by atoms with Crippen LogP contribution in [0.5, 0.6) is 0 Å². The Labute approximate surface area is 133 Å². The number of aromatic nitrogens is 1. The first-order valence-corrected chi connectivity index (χ1v) is 9.08. The van der Waals surface area contributed by atoms with E-state index in [0.717, 1.165) is 67.7 Å². The summed E-state index contributed by atoms with van der Waals surface area (Å²) >= 11 is 1.65. The van der Waals surface area contributed by atoms with Gasteiger partial charge >= 0.3 is 0 Å². The van der Waals surface area contributed by atoms with E-state index in [0.29, 0.717) is 0 Å². The summed E-state index contributed by atoms with van der Waals surface area (Å²) in [6.45, 7) is 14.3. The molecule has 0 saturated carbocycles. The van der Waals surface area contributed by atoms with E-state index >= 15 is 0 Å². The van der Waals surface area contributed by atoms with E-state index in [1.54, 1.807) is 11.3 Å². The maximum atomic E-state index is 9.47. The predicted molar refractivity (Wildman–Crippen MR) is 92.3 cm³/mol. The third-order valence-corrected chi connectivity index (χ3v) is 4.99. The third-order valence-electron chi connectivity index (χ3n) is 3.85. The molecule has 1 rings (SSSR count).